The fraction of sp³-hybridized carbons (Fsp3) is 0.682. The number of rotatable bonds is 4. The Kier molecular flexibility index (Phi) is 4.49. The van der Waals surface area contributed by atoms with Gasteiger partial charge in [-0.2, -0.15) is 0 Å². The van der Waals surface area contributed by atoms with E-state index in [1.165, 1.54) is 16.2 Å². The molecule has 2 saturated carbocycles. The lowest BCUT2D eigenvalue weighted by molar-refractivity contribution is -0.131. The van der Waals surface area contributed by atoms with Crippen LogP contribution in [-0.2, 0) is 27.2 Å². The van der Waals surface area contributed by atoms with Crippen molar-refractivity contribution < 1.29 is 19.1 Å². The number of thiophene rings is 1. The summed E-state index contributed by atoms with van der Waals surface area (Å²) in [5.74, 6) is -0.279. The van der Waals surface area contributed by atoms with Crippen LogP contribution in [0, 0.1) is 16.2 Å². The summed E-state index contributed by atoms with van der Waals surface area (Å²) < 4.78 is 5.30. The van der Waals surface area contributed by atoms with Gasteiger partial charge >= 0.3 is 5.97 Å². The Morgan fingerprint density at radius 3 is 2.46 bits per heavy atom. The van der Waals surface area contributed by atoms with Gasteiger partial charge in [0, 0.05) is 16.7 Å². The molecule has 1 heterocycles. The quantitative estimate of drug-likeness (QED) is 0.750. The van der Waals surface area contributed by atoms with Crippen LogP contribution in [0.25, 0.3) is 0 Å². The highest BCUT2D eigenvalue weighted by Crippen LogP contribution is 2.70. The summed E-state index contributed by atoms with van der Waals surface area (Å²) in [6.45, 7) is 8.21. The van der Waals surface area contributed by atoms with Gasteiger partial charge in [0.05, 0.1) is 17.6 Å². The van der Waals surface area contributed by atoms with Crippen molar-refractivity contribution in [2.24, 2.45) is 16.2 Å². The second kappa shape index (κ2) is 6.41. The highest BCUT2D eigenvalue weighted by Gasteiger charge is 2.72. The van der Waals surface area contributed by atoms with E-state index in [9.17, 15) is 14.4 Å². The number of carbonyl (C=O) groups excluding carboxylic acids is 3. The molecule has 1 N–H and O–H groups in total. The molecule has 2 bridgehead atoms. The maximum Gasteiger partial charge on any atom is 0.341 e. The molecule has 1 amide bonds. The summed E-state index contributed by atoms with van der Waals surface area (Å²) in [4.78, 5) is 40.1. The molecule has 0 radical (unpaired) electrons. The van der Waals surface area contributed by atoms with E-state index in [0.29, 0.717) is 30.0 Å². The van der Waals surface area contributed by atoms with Gasteiger partial charge in [-0.15, -0.1) is 11.3 Å². The summed E-state index contributed by atoms with van der Waals surface area (Å²) >= 11 is 1.51. The maximum absolute atomic E-state index is 13.5. The van der Waals surface area contributed by atoms with Crippen LogP contribution in [0.15, 0.2) is 0 Å². The molecule has 5 nitrogen and oxygen atoms in total. The van der Waals surface area contributed by atoms with Crippen molar-refractivity contribution in [2.75, 3.05) is 11.9 Å². The minimum Gasteiger partial charge on any atom is -0.462 e. The summed E-state index contributed by atoms with van der Waals surface area (Å²) in [5, 5.41) is 3.69. The molecular formula is C22H29NO4S. The average Bonchev–Trinajstić information content (AvgIpc) is 3.15. The Morgan fingerprint density at radius 2 is 1.86 bits per heavy atom. The Hall–Kier alpha value is -1.69. The van der Waals surface area contributed by atoms with Crippen LogP contribution in [0.4, 0.5) is 5.00 Å². The van der Waals surface area contributed by atoms with Gasteiger partial charge in [-0.3, -0.25) is 9.59 Å². The van der Waals surface area contributed by atoms with E-state index in [2.05, 4.69) is 19.2 Å². The Morgan fingerprint density at radius 1 is 1.14 bits per heavy atom. The number of anilines is 1. The number of esters is 1. The Bertz CT molecular complexity index is 870. The molecule has 0 spiro atoms. The molecule has 2 fully saturated rings. The highest BCUT2D eigenvalue weighted by molar-refractivity contribution is 7.17. The molecular weight excluding hydrogens is 374 g/mol. The normalized spacial score (nSPS) is 30.2. The van der Waals surface area contributed by atoms with E-state index < -0.39 is 16.2 Å². The molecule has 28 heavy (non-hydrogen) atoms. The molecule has 0 aliphatic heterocycles. The first kappa shape index (κ1) is 19.6. The minimum atomic E-state index is -0.699. The monoisotopic (exact) mass is 403 g/mol. The number of carbonyl (C=O) groups is 3. The van der Waals surface area contributed by atoms with Gasteiger partial charge in [0.15, 0.2) is 0 Å². The summed E-state index contributed by atoms with van der Waals surface area (Å²) in [5.41, 5.74) is 0.0372. The van der Waals surface area contributed by atoms with E-state index in [1.807, 2.05) is 6.92 Å². The van der Waals surface area contributed by atoms with Gasteiger partial charge in [-0.25, -0.2) is 4.79 Å². The van der Waals surface area contributed by atoms with Crippen molar-refractivity contribution in [2.45, 2.75) is 72.6 Å². The number of nitrogens with one attached hydrogen (secondary N) is 1. The minimum absolute atomic E-state index is 0.115. The SMILES string of the molecule is CCOC(=O)c1c(NC(=O)[C@]23CC[C@](C)(C(=O)C2)C3(C)C)sc2c1CCCC2. The van der Waals surface area contributed by atoms with Gasteiger partial charge in [-0.1, -0.05) is 20.8 Å². The van der Waals surface area contributed by atoms with Gasteiger partial charge in [0.2, 0.25) is 5.91 Å². The summed E-state index contributed by atoms with van der Waals surface area (Å²) in [6.07, 6.45) is 5.70. The smallest absolute Gasteiger partial charge is 0.341 e. The van der Waals surface area contributed by atoms with Crippen molar-refractivity contribution in [3.05, 3.63) is 16.0 Å². The van der Waals surface area contributed by atoms with Crippen molar-refractivity contribution in [1.82, 2.24) is 0 Å². The first-order valence-electron chi connectivity index (χ1n) is 10.3. The van der Waals surface area contributed by atoms with Gasteiger partial charge in [0.25, 0.3) is 0 Å². The topological polar surface area (TPSA) is 72.5 Å². The Labute approximate surface area is 170 Å². The van der Waals surface area contributed by atoms with Crippen molar-refractivity contribution in [3.8, 4) is 0 Å². The molecule has 152 valence electrons. The molecule has 2 atom stereocenters. The number of hydrogen-bond acceptors (Lipinski definition) is 5. The fourth-order valence-electron chi connectivity index (χ4n) is 5.66. The first-order chi connectivity index (χ1) is 13.2. The van der Waals surface area contributed by atoms with Crippen LogP contribution in [0.3, 0.4) is 0 Å². The van der Waals surface area contributed by atoms with Crippen molar-refractivity contribution in [1.29, 1.82) is 0 Å². The molecule has 0 aromatic carbocycles. The predicted molar refractivity (Wildman–Crippen MR) is 109 cm³/mol. The van der Waals surface area contributed by atoms with Crippen LogP contribution in [-0.4, -0.2) is 24.3 Å². The van der Waals surface area contributed by atoms with E-state index in [0.717, 1.165) is 37.7 Å². The van der Waals surface area contributed by atoms with Gasteiger partial charge < -0.3 is 10.1 Å². The molecule has 6 heteroatoms. The highest BCUT2D eigenvalue weighted by atomic mass is 32.1. The summed E-state index contributed by atoms with van der Waals surface area (Å²) in [6, 6.07) is 0. The number of ketones is 1. The van der Waals surface area contributed by atoms with Crippen LogP contribution >= 0.6 is 11.3 Å². The number of aryl methyl sites for hydroxylation is 1. The number of ether oxygens (including phenoxy) is 1. The second-order valence-corrected chi connectivity index (χ2v) is 10.3. The third-order valence-electron chi connectivity index (χ3n) is 8.02. The molecule has 0 unspecified atom stereocenters. The zero-order chi connectivity index (χ0) is 20.3. The Balaban J connectivity index is 1.70. The number of hydrogen-bond donors (Lipinski definition) is 1. The largest absolute Gasteiger partial charge is 0.462 e. The molecule has 3 aliphatic rings. The number of fused-ring (bicyclic) bond motifs is 3. The number of Topliss-reactive ketones (excluding diaryl/α,β-unsaturated/α-hetero) is 1. The van der Waals surface area contributed by atoms with Gasteiger partial charge in [0.1, 0.15) is 10.8 Å². The predicted octanol–water partition coefficient (Wildman–Crippen LogP) is 4.53. The molecule has 4 rings (SSSR count). The zero-order valence-corrected chi connectivity index (χ0v) is 18.0. The zero-order valence-electron chi connectivity index (χ0n) is 17.2. The lowest BCUT2D eigenvalue weighted by Gasteiger charge is -2.38. The van der Waals surface area contributed by atoms with E-state index in [4.69, 9.17) is 4.74 Å². The van der Waals surface area contributed by atoms with Crippen molar-refractivity contribution in [3.63, 3.8) is 0 Å². The summed E-state index contributed by atoms with van der Waals surface area (Å²) in [7, 11) is 0. The lowest BCUT2D eigenvalue weighted by atomic mass is 9.64. The van der Waals surface area contributed by atoms with E-state index in [1.54, 1.807) is 6.92 Å². The standard InChI is InChI=1S/C22H29NO4S/c1-5-27-18(25)16-13-8-6-7-9-14(13)28-17(16)23-19(26)22-11-10-21(4,15(24)12-22)20(22,2)3/h5-12H2,1-4H3,(H,23,26)/t21-,22+/m1/s1. The third-order valence-corrected chi connectivity index (χ3v) is 9.23. The average molecular weight is 404 g/mol. The second-order valence-electron chi connectivity index (χ2n) is 9.23. The molecule has 3 aliphatic carbocycles. The third kappa shape index (κ3) is 2.39. The maximum atomic E-state index is 13.5. The van der Waals surface area contributed by atoms with Crippen LogP contribution in [0.2, 0.25) is 0 Å². The van der Waals surface area contributed by atoms with E-state index >= 15 is 0 Å². The van der Waals surface area contributed by atoms with Crippen molar-refractivity contribution >= 4 is 34.0 Å². The fourth-order valence-corrected chi connectivity index (χ4v) is 6.93. The van der Waals surface area contributed by atoms with Crippen LogP contribution in [0.1, 0.15) is 80.6 Å². The van der Waals surface area contributed by atoms with Crippen LogP contribution in [0.5, 0.6) is 0 Å². The number of amides is 1. The molecule has 1 aromatic heterocycles. The first-order valence-corrected chi connectivity index (χ1v) is 11.2. The van der Waals surface area contributed by atoms with Crippen LogP contribution < -0.4 is 5.32 Å². The van der Waals surface area contributed by atoms with Gasteiger partial charge in [-0.05, 0) is 56.4 Å². The molecule has 0 saturated heterocycles. The van der Waals surface area contributed by atoms with E-state index in [-0.39, 0.29) is 17.7 Å². The molecule has 1 aromatic rings. The lowest BCUT2D eigenvalue weighted by Crippen LogP contribution is -2.43.